The van der Waals surface area contributed by atoms with Gasteiger partial charge in [0.1, 0.15) is 11.6 Å². The van der Waals surface area contributed by atoms with Gasteiger partial charge >= 0.3 is 6.03 Å². The van der Waals surface area contributed by atoms with Crippen LogP contribution in [0.25, 0.3) is 0 Å². The molecule has 0 bridgehead atoms. The van der Waals surface area contributed by atoms with E-state index < -0.39 is 17.7 Å². The molecule has 4 nitrogen and oxygen atoms in total. The maximum absolute atomic E-state index is 13.5. The summed E-state index contributed by atoms with van der Waals surface area (Å²) in [6.07, 6.45) is 4.10. The summed E-state index contributed by atoms with van der Waals surface area (Å²) in [6.45, 7) is 2.91. The van der Waals surface area contributed by atoms with Crippen LogP contribution >= 0.6 is 0 Å². The van der Waals surface area contributed by atoms with Crippen molar-refractivity contribution in [3.8, 4) is 0 Å². The number of rotatable bonds is 6. The van der Waals surface area contributed by atoms with Gasteiger partial charge in [-0.2, -0.15) is 0 Å². The summed E-state index contributed by atoms with van der Waals surface area (Å²) in [4.78, 5) is 13.3. The first-order chi connectivity index (χ1) is 11.0. The Kier molecular flexibility index (Phi) is 6.33. The average molecular weight is 326 g/mol. The van der Waals surface area contributed by atoms with Crippen LogP contribution in [0.1, 0.15) is 38.2 Å². The molecule has 1 aliphatic rings. The van der Waals surface area contributed by atoms with Crippen LogP contribution in [0.4, 0.5) is 13.6 Å². The number of hydrogen-bond donors (Lipinski definition) is 1. The number of urea groups is 1. The van der Waals surface area contributed by atoms with Crippen molar-refractivity contribution in [3.63, 3.8) is 0 Å². The maximum Gasteiger partial charge on any atom is 0.315 e. The SMILES string of the molecule is C[C@H]1CC[C@H](N(CCOCc2ccc(F)cc2F)C(N)=O)CC1. The van der Waals surface area contributed by atoms with Crippen molar-refractivity contribution >= 4 is 6.03 Å². The van der Waals surface area contributed by atoms with Crippen LogP contribution in [0.3, 0.4) is 0 Å². The zero-order valence-electron chi connectivity index (χ0n) is 13.4. The summed E-state index contributed by atoms with van der Waals surface area (Å²) in [7, 11) is 0. The molecule has 23 heavy (non-hydrogen) atoms. The van der Waals surface area contributed by atoms with E-state index >= 15 is 0 Å². The van der Waals surface area contributed by atoms with Gasteiger partial charge in [-0.05, 0) is 37.7 Å². The molecule has 0 spiro atoms. The highest BCUT2D eigenvalue weighted by Crippen LogP contribution is 2.26. The predicted octanol–water partition coefficient (Wildman–Crippen LogP) is 3.44. The second kappa shape index (κ2) is 8.24. The van der Waals surface area contributed by atoms with Gasteiger partial charge in [-0.25, -0.2) is 13.6 Å². The third-order valence-electron chi connectivity index (χ3n) is 4.46. The van der Waals surface area contributed by atoms with Crippen LogP contribution in [-0.2, 0) is 11.3 Å². The number of benzene rings is 1. The van der Waals surface area contributed by atoms with Crippen LogP contribution < -0.4 is 5.73 Å². The van der Waals surface area contributed by atoms with Crippen LogP contribution in [0.2, 0.25) is 0 Å². The molecule has 1 aromatic rings. The number of carbonyl (C=O) groups excluding carboxylic acids is 1. The molecule has 1 aliphatic carbocycles. The van der Waals surface area contributed by atoms with Crippen molar-refractivity contribution < 1.29 is 18.3 Å². The molecule has 0 unspecified atom stereocenters. The number of amides is 2. The number of hydrogen-bond acceptors (Lipinski definition) is 2. The maximum atomic E-state index is 13.5. The molecular formula is C17H24F2N2O2. The van der Waals surface area contributed by atoms with E-state index in [2.05, 4.69) is 6.92 Å². The molecule has 0 radical (unpaired) electrons. The van der Waals surface area contributed by atoms with Crippen molar-refractivity contribution in [2.24, 2.45) is 11.7 Å². The van der Waals surface area contributed by atoms with Gasteiger partial charge in [-0.1, -0.05) is 13.0 Å². The first kappa shape index (κ1) is 17.7. The normalized spacial score (nSPS) is 21.2. The van der Waals surface area contributed by atoms with E-state index in [1.165, 1.54) is 12.1 Å². The molecule has 2 rings (SSSR count). The van der Waals surface area contributed by atoms with Crippen LogP contribution in [0, 0.1) is 17.6 Å². The molecule has 6 heteroatoms. The molecule has 0 aromatic heterocycles. The Hall–Kier alpha value is -1.69. The summed E-state index contributed by atoms with van der Waals surface area (Å²) in [5.74, 6) is -0.547. The van der Waals surface area contributed by atoms with Gasteiger partial charge in [0, 0.05) is 24.2 Å². The molecule has 1 fully saturated rings. The molecule has 1 saturated carbocycles. The van der Waals surface area contributed by atoms with Gasteiger partial charge < -0.3 is 15.4 Å². The van der Waals surface area contributed by atoms with E-state index in [4.69, 9.17) is 10.5 Å². The lowest BCUT2D eigenvalue weighted by molar-refractivity contribution is 0.0788. The van der Waals surface area contributed by atoms with Crippen LogP contribution in [-0.4, -0.2) is 30.1 Å². The van der Waals surface area contributed by atoms with Gasteiger partial charge in [0.05, 0.1) is 13.2 Å². The van der Waals surface area contributed by atoms with Crippen LogP contribution in [0.15, 0.2) is 18.2 Å². The Bertz CT molecular complexity index is 531. The monoisotopic (exact) mass is 326 g/mol. The Morgan fingerprint density at radius 1 is 1.30 bits per heavy atom. The Balaban J connectivity index is 1.79. The van der Waals surface area contributed by atoms with E-state index in [-0.39, 0.29) is 19.3 Å². The lowest BCUT2D eigenvalue weighted by Gasteiger charge is -2.35. The number of nitrogens with zero attached hydrogens (tertiary/aromatic N) is 1. The fourth-order valence-corrected chi connectivity index (χ4v) is 3.01. The Labute approximate surface area is 135 Å². The van der Waals surface area contributed by atoms with Gasteiger partial charge in [0.15, 0.2) is 0 Å². The van der Waals surface area contributed by atoms with E-state index in [1.54, 1.807) is 4.90 Å². The number of ether oxygens (including phenoxy) is 1. The third kappa shape index (κ3) is 5.16. The quantitative estimate of drug-likeness (QED) is 0.814. The number of nitrogens with two attached hydrogens (primary N) is 1. The number of primary amides is 1. The zero-order valence-corrected chi connectivity index (χ0v) is 13.4. The Morgan fingerprint density at radius 2 is 2.00 bits per heavy atom. The summed E-state index contributed by atoms with van der Waals surface area (Å²) in [5.41, 5.74) is 5.76. The first-order valence-corrected chi connectivity index (χ1v) is 8.05. The molecule has 0 saturated heterocycles. The van der Waals surface area contributed by atoms with Crippen molar-refractivity contribution in [1.29, 1.82) is 0 Å². The first-order valence-electron chi connectivity index (χ1n) is 8.05. The molecule has 128 valence electrons. The van der Waals surface area contributed by atoms with Crippen molar-refractivity contribution in [2.75, 3.05) is 13.2 Å². The fraction of sp³-hybridized carbons (Fsp3) is 0.588. The topological polar surface area (TPSA) is 55.6 Å². The van der Waals surface area contributed by atoms with Crippen LogP contribution in [0.5, 0.6) is 0 Å². The second-order valence-corrected chi connectivity index (χ2v) is 6.23. The lowest BCUT2D eigenvalue weighted by Crippen LogP contribution is -2.46. The zero-order chi connectivity index (χ0) is 16.8. The molecule has 2 amide bonds. The van der Waals surface area contributed by atoms with E-state index in [1.807, 2.05) is 0 Å². The van der Waals surface area contributed by atoms with Gasteiger partial charge in [-0.3, -0.25) is 0 Å². The molecular weight excluding hydrogens is 302 g/mol. The molecule has 0 heterocycles. The van der Waals surface area contributed by atoms with Gasteiger partial charge in [0.2, 0.25) is 0 Å². The van der Waals surface area contributed by atoms with Gasteiger partial charge in [0.25, 0.3) is 0 Å². The summed E-state index contributed by atoms with van der Waals surface area (Å²) in [6, 6.07) is 3.10. The highest BCUT2D eigenvalue weighted by atomic mass is 19.1. The number of halogens is 2. The minimum atomic E-state index is -0.627. The predicted molar refractivity (Wildman–Crippen MR) is 83.7 cm³/mol. The summed E-state index contributed by atoms with van der Waals surface area (Å²) < 4.78 is 31.7. The lowest BCUT2D eigenvalue weighted by atomic mass is 9.86. The fourth-order valence-electron chi connectivity index (χ4n) is 3.01. The molecule has 2 N–H and O–H groups in total. The molecule has 0 aliphatic heterocycles. The largest absolute Gasteiger partial charge is 0.375 e. The van der Waals surface area contributed by atoms with E-state index in [0.29, 0.717) is 18.0 Å². The molecule has 1 aromatic carbocycles. The number of carbonyl (C=O) groups is 1. The van der Waals surface area contributed by atoms with E-state index in [9.17, 15) is 13.6 Å². The smallest absolute Gasteiger partial charge is 0.315 e. The van der Waals surface area contributed by atoms with Gasteiger partial charge in [-0.15, -0.1) is 0 Å². The minimum absolute atomic E-state index is 0.0421. The average Bonchev–Trinajstić information content (AvgIpc) is 2.50. The standard InChI is InChI=1S/C17H24F2N2O2/c1-12-2-6-15(7-3-12)21(17(20)22)8-9-23-11-13-4-5-14(18)10-16(13)19/h4-5,10,12,15H,2-3,6-9,11H2,1H3,(H2,20,22)/t12-,15-. The highest BCUT2D eigenvalue weighted by Gasteiger charge is 2.25. The van der Waals surface area contributed by atoms with Crippen molar-refractivity contribution in [1.82, 2.24) is 4.90 Å². The summed E-state index contributed by atoms with van der Waals surface area (Å²) >= 11 is 0. The highest BCUT2D eigenvalue weighted by molar-refractivity contribution is 5.72. The van der Waals surface area contributed by atoms with E-state index in [0.717, 1.165) is 31.7 Å². The second-order valence-electron chi connectivity index (χ2n) is 6.23. The molecule has 0 atom stereocenters. The van der Waals surface area contributed by atoms with Crippen molar-refractivity contribution in [3.05, 3.63) is 35.4 Å². The van der Waals surface area contributed by atoms with Crippen molar-refractivity contribution in [2.45, 2.75) is 45.3 Å². The minimum Gasteiger partial charge on any atom is -0.375 e. The Morgan fingerprint density at radius 3 is 2.61 bits per heavy atom. The summed E-state index contributed by atoms with van der Waals surface area (Å²) in [5, 5.41) is 0. The third-order valence-corrected chi connectivity index (χ3v) is 4.46.